The van der Waals surface area contributed by atoms with Crippen molar-refractivity contribution in [2.24, 2.45) is 5.41 Å². The van der Waals surface area contributed by atoms with Gasteiger partial charge in [-0.1, -0.05) is 42.8 Å². The van der Waals surface area contributed by atoms with Crippen LogP contribution < -0.4 is 10.6 Å². The second kappa shape index (κ2) is 7.84. The lowest BCUT2D eigenvalue weighted by Gasteiger charge is -2.42. The third-order valence-corrected chi connectivity index (χ3v) is 6.12. The molecular formula is C22H26F3N3. The van der Waals surface area contributed by atoms with Crippen molar-refractivity contribution in [3.8, 4) is 0 Å². The Bertz CT molecular complexity index is 770. The van der Waals surface area contributed by atoms with Crippen molar-refractivity contribution in [1.29, 1.82) is 0 Å². The number of hydrogen-bond donors (Lipinski definition) is 2. The standard InChI is InChI=1S/C22H26F3N3/c23-22(24,25)20-8-7-16(13-27-20)12-26-14-21(9-4-10-21)15-28-19-11-18(19)17-5-2-1-3-6-17/h1-3,5-8,13,18-19,26,28H,4,9-12,14-15H2. The highest BCUT2D eigenvalue weighted by Crippen LogP contribution is 2.44. The molecule has 0 radical (unpaired) electrons. The average molecular weight is 389 g/mol. The zero-order valence-electron chi connectivity index (χ0n) is 15.8. The summed E-state index contributed by atoms with van der Waals surface area (Å²) in [5, 5.41) is 7.17. The second-order valence-corrected chi connectivity index (χ2v) is 8.25. The van der Waals surface area contributed by atoms with Gasteiger partial charge in [0.05, 0.1) is 0 Å². The molecule has 28 heavy (non-hydrogen) atoms. The van der Waals surface area contributed by atoms with Crippen LogP contribution in [0, 0.1) is 5.41 Å². The summed E-state index contributed by atoms with van der Waals surface area (Å²) < 4.78 is 37.8. The number of aromatic nitrogens is 1. The van der Waals surface area contributed by atoms with Gasteiger partial charge in [-0.2, -0.15) is 13.2 Å². The monoisotopic (exact) mass is 389 g/mol. The summed E-state index contributed by atoms with van der Waals surface area (Å²) in [6.07, 6.45) is 1.77. The van der Waals surface area contributed by atoms with E-state index in [2.05, 4.69) is 45.9 Å². The molecule has 1 aromatic carbocycles. The van der Waals surface area contributed by atoms with Gasteiger partial charge in [-0.3, -0.25) is 4.98 Å². The van der Waals surface area contributed by atoms with Gasteiger partial charge >= 0.3 is 6.18 Å². The molecule has 4 rings (SSSR count). The largest absolute Gasteiger partial charge is 0.433 e. The Balaban J connectivity index is 1.22. The highest BCUT2D eigenvalue weighted by atomic mass is 19.4. The Morgan fingerprint density at radius 3 is 2.43 bits per heavy atom. The van der Waals surface area contributed by atoms with Gasteiger partial charge in [-0.15, -0.1) is 0 Å². The minimum Gasteiger partial charge on any atom is -0.313 e. The number of alkyl halides is 3. The Labute approximate surface area is 163 Å². The fourth-order valence-corrected chi connectivity index (χ4v) is 4.10. The lowest BCUT2D eigenvalue weighted by Crippen LogP contribution is -2.47. The van der Waals surface area contributed by atoms with Crippen LogP contribution in [0.5, 0.6) is 0 Å². The average Bonchev–Trinajstić information content (AvgIpc) is 3.43. The number of halogens is 3. The number of pyridine rings is 1. The van der Waals surface area contributed by atoms with E-state index in [-0.39, 0.29) is 5.41 Å². The van der Waals surface area contributed by atoms with Gasteiger partial charge in [-0.05, 0) is 41.9 Å². The molecule has 0 saturated heterocycles. The van der Waals surface area contributed by atoms with Crippen LogP contribution in [0.3, 0.4) is 0 Å². The highest BCUT2D eigenvalue weighted by molar-refractivity contribution is 5.27. The fourth-order valence-electron chi connectivity index (χ4n) is 4.10. The maximum absolute atomic E-state index is 12.6. The highest BCUT2D eigenvalue weighted by Gasteiger charge is 2.42. The predicted octanol–water partition coefficient (Wildman–Crippen LogP) is 4.51. The summed E-state index contributed by atoms with van der Waals surface area (Å²) in [7, 11) is 0. The van der Waals surface area contributed by atoms with Crippen LogP contribution >= 0.6 is 0 Å². The zero-order chi connectivity index (χ0) is 19.6. The van der Waals surface area contributed by atoms with E-state index in [4.69, 9.17) is 0 Å². The summed E-state index contributed by atoms with van der Waals surface area (Å²) in [6.45, 7) is 2.42. The van der Waals surface area contributed by atoms with Crippen LogP contribution in [-0.2, 0) is 12.7 Å². The first-order valence-corrected chi connectivity index (χ1v) is 9.96. The molecule has 6 heteroatoms. The van der Waals surface area contributed by atoms with E-state index >= 15 is 0 Å². The number of nitrogens with zero attached hydrogens (tertiary/aromatic N) is 1. The molecule has 2 aliphatic carbocycles. The van der Waals surface area contributed by atoms with Gasteiger partial charge in [0.25, 0.3) is 0 Å². The molecule has 2 aliphatic rings. The van der Waals surface area contributed by atoms with Gasteiger partial charge in [0.2, 0.25) is 0 Å². The van der Waals surface area contributed by atoms with E-state index < -0.39 is 11.9 Å². The lowest BCUT2D eigenvalue weighted by atomic mass is 9.68. The number of rotatable bonds is 8. The molecular weight excluding hydrogens is 363 g/mol. The summed E-state index contributed by atoms with van der Waals surface area (Å²) in [6, 6.07) is 13.8. The number of nitrogens with one attached hydrogen (secondary N) is 2. The molecule has 2 saturated carbocycles. The fraction of sp³-hybridized carbons (Fsp3) is 0.500. The third kappa shape index (κ3) is 4.55. The Kier molecular flexibility index (Phi) is 5.43. The normalized spacial score (nSPS) is 23.2. The maximum atomic E-state index is 12.6. The Morgan fingerprint density at radius 1 is 1.04 bits per heavy atom. The lowest BCUT2D eigenvalue weighted by molar-refractivity contribution is -0.141. The predicted molar refractivity (Wildman–Crippen MR) is 103 cm³/mol. The first kappa shape index (κ1) is 19.4. The van der Waals surface area contributed by atoms with Gasteiger partial charge < -0.3 is 10.6 Å². The van der Waals surface area contributed by atoms with E-state index in [1.165, 1.54) is 43.5 Å². The molecule has 0 bridgehead atoms. The molecule has 1 aromatic heterocycles. The van der Waals surface area contributed by atoms with Crippen molar-refractivity contribution in [3.63, 3.8) is 0 Å². The molecule has 2 N–H and O–H groups in total. The van der Waals surface area contributed by atoms with Crippen molar-refractivity contribution >= 4 is 0 Å². The van der Waals surface area contributed by atoms with Gasteiger partial charge in [0.1, 0.15) is 5.69 Å². The molecule has 3 nitrogen and oxygen atoms in total. The van der Waals surface area contributed by atoms with Gasteiger partial charge in [0, 0.05) is 37.8 Å². The van der Waals surface area contributed by atoms with Crippen LogP contribution in [0.2, 0.25) is 0 Å². The van der Waals surface area contributed by atoms with E-state index in [9.17, 15) is 13.2 Å². The van der Waals surface area contributed by atoms with Crippen LogP contribution in [0.1, 0.15) is 48.4 Å². The molecule has 2 aromatic rings. The summed E-state index contributed by atoms with van der Waals surface area (Å²) in [5.41, 5.74) is 1.62. The Morgan fingerprint density at radius 2 is 1.82 bits per heavy atom. The molecule has 150 valence electrons. The van der Waals surface area contributed by atoms with Crippen molar-refractivity contribution < 1.29 is 13.2 Å². The molecule has 0 spiro atoms. The summed E-state index contributed by atoms with van der Waals surface area (Å²) >= 11 is 0. The first-order chi connectivity index (χ1) is 13.5. The molecule has 2 fully saturated rings. The van der Waals surface area contributed by atoms with Gasteiger partial charge in [0.15, 0.2) is 0 Å². The smallest absolute Gasteiger partial charge is 0.313 e. The zero-order valence-corrected chi connectivity index (χ0v) is 15.8. The van der Waals surface area contributed by atoms with E-state index in [1.807, 2.05) is 0 Å². The number of hydrogen-bond acceptors (Lipinski definition) is 3. The summed E-state index contributed by atoms with van der Waals surface area (Å²) in [4.78, 5) is 3.53. The minimum absolute atomic E-state index is 0.267. The van der Waals surface area contributed by atoms with Gasteiger partial charge in [-0.25, -0.2) is 0 Å². The third-order valence-electron chi connectivity index (χ3n) is 6.12. The van der Waals surface area contributed by atoms with Crippen molar-refractivity contribution in [2.75, 3.05) is 13.1 Å². The summed E-state index contributed by atoms with van der Waals surface area (Å²) in [5.74, 6) is 0.629. The van der Waals surface area contributed by atoms with Crippen LogP contribution in [0.4, 0.5) is 13.2 Å². The van der Waals surface area contributed by atoms with Crippen molar-refractivity contribution in [1.82, 2.24) is 15.6 Å². The molecule has 2 atom stereocenters. The van der Waals surface area contributed by atoms with E-state index in [0.717, 1.165) is 24.7 Å². The minimum atomic E-state index is -4.38. The van der Waals surface area contributed by atoms with E-state index in [1.54, 1.807) is 0 Å². The van der Waals surface area contributed by atoms with Crippen LogP contribution in [-0.4, -0.2) is 24.1 Å². The quantitative estimate of drug-likeness (QED) is 0.698. The number of benzene rings is 1. The van der Waals surface area contributed by atoms with Crippen LogP contribution in [0.15, 0.2) is 48.7 Å². The first-order valence-electron chi connectivity index (χ1n) is 9.96. The Hall–Kier alpha value is -1.92. The van der Waals surface area contributed by atoms with Crippen molar-refractivity contribution in [3.05, 3.63) is 65.5 Å². The molecule has 1 heterocycles. The molecule has 2 unspecified atom stereocenters. The van der Waals surface area contributed by atoms with Crippen molar-refractivity contribution in [2.45, 2.75) is 50.4 Å². The van der Waals surface area contributed by atoms with E-state index in [0.29, 0.717) is 18.5 Å². The second-order valence-electron chi connectivity index (χ2n) is 8.25. The van der Waals surface area contributed by atoms with Crippen LogP contribution in [0.25, 0.3) is 0 Å². The molecule has 0 aliphatic heterocycles. The molecule has 0 amide bonds. The maximum Gasteiger partial charge on any atom is 0.433 e. The SMILES string of the molecule is FC(F)(F)c1ccc(CNCC2(CNC3CC3c3ccccc3)CCC2)cn1. The topological polar surface area (TPSA) is 37.0 Å².